The Morgan fingerprint density at radius 1 is 1.15 bits per heavy atom. The SMILES string of the molecule is CN(C)c1cccc(C(=O)N/N=C\c2ccc(Sc3ccc(Cl)cc3)s2)c1. The third kappa shape index (κ3) is 5.60. The van der Waals surface area contributed by atoms with E-state index in [2.05, 4.69) is 10.5 Å². The Labute approximate surface area is 171 Å². The minimum absolute atomic E-state index is 0.234. The molecule has 27 heavy (non-hydrogen) atoms. The van der Waals surface area contributed by atoms with Gasteiger partial charge in [-0.05, 0) is 54.6 Å². The van der Waals surface area contributed by atoms with Gasteiger partial charge in [-0.25, -0.2) is 5.43 Å². The van der Waals surface area contributed by atoms with Crippen molar-refractivity contribution in [3.8, 4) is 0 Å². The van der Waals surface area contributed by atoms with Gasteiger partial charge in [-0.2, -0.15) is 5.10 Å². The number of carbonyl (C=O) groups is 1. The van der Waals surface area contributed by atoms with Gasteiger partial charge in [0.15, 0.2) is 0 Å². The molecule has 2 aromatic carbocycles. The van der Waals surface area contributed by atoms with Crippen molar-refractivity contribution in [1.82, 2.24) is 5.43 Å². The molecule has 1 amide bonds. The maximum atomic E-state index is 12.2. The average molecular weight is 416 g/mol. The van der Waals surface area contributed by atoms with E-state index >= 15 is 0 Å². The first-order valence-corrected chi connectivity index (χ1v) is 10.2. The summed E-state index contributed by atoms with van der Waals surface area (Å²) in [6.07, 6.45) is 1.66. The van der Waals surface area contributed by atoms with E-state index in [1.807, 2.05) is 73.6 Å². The van der Waals surface area contributed by atoms with Crippen LogP contribution in [0.25, 0.3) is 0 Å². The van der Waals surface area contributed by atoms with Crippen LogP contribution in [0.3, 0.4) is 0 Å². The quantitative estimate of drug-likeness (QED) is 0.434. The van der Waals surface area contributed by atoms with Gasteiger partial charge in [0.05, 0.1) is 10.4 Å². The van der Waals surface area contributed by atoms with Gasteiger partial charge in [-0.3, -0.25) is 4.79 Å². The van der Waals surface area contributed by atoms with Crippen molar-refractivity contribution >= 4 is 52.5 Å². The van der Waals surface area contributed by atoms with E-state index in [-0.39, 0.29) is 5.91 Å². The van der Waals surface area contributed by atoms with Gasteiger partial charge in [0.25, 0.3) is 5.91 Å². The number of halogens is 1. The lowest BCUT2D eigenvalue weighted by Crippen LogP contribution is -2.18. The van der Waals surface area contributed by atoms with Crippen molar-refractivity contribution in [2.75, 3.05) is 19.0 Å². The van der Waals surface area contributed by atoms with Crippen LogP contribution in [-0.4, -0.2) is 26.2 Å². The van der Waals surface area contributed by atoms with Crippen LogP contribution in [0.4, 0.5) is 5.69 Å². The van der Waals surface area contributed by atoms with Crippen molar-refractivity contribution in [1.29, 1.82) is 0 Å². The summed E-state index contributed by atoms with van der Waals surface area (Å²) in [5.74, 6) is -0.234. The maximum Gasteiger partial charge on any atom is 0.271 e. The first kappa shape index (κ1) is 19.5. The van der Waals surface area contributed by atoms with Crippen LogP contribution in [0.2, 0.25) is 5.02 Å². The van der Waals surface area contributed by atoms with Crippen molar-refractivity contribution in [3.05, 3.63) is 76.1 Å². The third-order valence-electron chi connectivity index (χ3n) is 3.62. The number of carbonyl (C=O) groups excluding carboxylic acids is 1. The lowest BCUT2D eigenvalue weighted by molar-refractivity contribution is 0.0955. The summed E-state index contributed by atoms with van der Waals surface area (Å²) < 4.78 is 1.14. The number of hydrogen-bond acceptors (Lipinski definition) is 5. The zero-order valence-electron chi connectivity index (χ0n) is 14.8. The normalized spacial score (nSPS) is 10.9. The fourth-order valence-electron chi connectivity index (χ4n) is 2.22. The molecule has 0 radical (unpaired) electrons. The van der Waals surface area contributed by atoms with Crippen LogP contribution in [0.15, 0.2) is 74.9 Å². The van der Waals surface area contributed by atoms with Crippen molar-refractivity contribution < 1.29 is 4.79 Å². The molecule has 0 aliphatic carbocycles. The number of benzene rings is 2. The smallest absolute Gasteiger partial charge is 0.271 e. The second-order valence-electron chi connectivity index (χ2n) is 5.86. The van der Waals surface area contributed by atoms with Crippen LogP contribution < -0.4 is 10.3 Å². The van der Waals surface area contributed by atoms with Crippen LogP contribution >= 0.6 is 34.7 Å². The van der Waals surface area contributed by atoms with Gasteiger partial charge in [-0.15, -0.1) is 11.3 Å². The summed E-state index contributed by atoms with van der Waals surface area (Å²) in [7, 11) is 3.87. The third-order valence-corrected chi connectivity index (χ3v) is 6.03. The molecule has 1 aromatic heterocycles. The number of amides is 1. The van der Waals surface area contributed by atoms with E-state index in [4.69, 9.17) is 11.6 Å². The highest BCUT2D eigenvalue weighted by atomic mass is 35.5. The van der Waals surface area contributed by atoms with E-state index in [9.17, 15) is 4.79 Å². The fraction of sp³-hybridized carbons (Fsp3) is 0.100. The molecule has 1 heterocycles. The lowest BCUT2D eigenvalue weighted by atomic mass is 10.2. The molecular weight excluding hydrogens is 398 g/mol. The van der Waals surface area contributed by atoms with Gasteiger partial charge in [0.2, 0.25) is 0 Å². The second kappa shape index (κ2) is 9.08. The molecule has 0 saturated carbocycles. The Kier molecular flexibility index (Phi) is 6.55. The topological polar surface area (TPSA) is 44.7 Å². The number of anilines is 1. The maximum absolute atomic E-state index is 12.2. The summed E-state index contributed by atoms with van der Waals surface area (Å²) in [5.41, 5.74) is 4.12. The zero-order chi connectivity index (χ0) is 19.2. The van der Waals surface area contributed by atoms with E-state index in [1.165, 1.54) is 0 Å². The molecule has 138 valence electrons. The molecule has 7 heteroatoms. The number of hydrazone groups is 1. The van der Waals surface area contributed by atoms with E-state index in [0.29, 0.717) is 5.56 Å². The number of hydrogen-bond donors (Lipinski definition) is 1. The van der Waals surface area contributed by atoms with E-state index < -0.39 is 0 Å². The summed E-state index contributed by atoms with van der Waals surface area (Å²) in [4.78, 5) is 16.3. The zero-order valence-corrected chi connectivity index (χ0v) is 17.2. The number of nitrogens with one attached hydrogen (secondary N) is 1. The fourth-order valence-corrected chi connectivity index (χ4v) is 4.34. The van der Waals surface area contributed by atoms with Gasteiger partial charge < -0.3 is 4.90 Å². The molecule has 0 bridgehead atoms. The molecule has 0 fully saturated rings. The largest absolute Gasteiger partial charge is 0.378 e. The molecule has 0 unspecified atom stereocenters. The van der Waals surface area contributed by atoms with Crippen molar-refractivity contribution in [3.63, 3.8) is 0 Å². The minimum Gasteiger partial charge on any atom is -0.378 e. The van der Waals surface area contributed by atoms with Crippen LogP contribution in [0, 0.1) is 0 Å². The average Bonchev–Trinajstić information content (AvgIpc) is 3.11. The predicted molar refractivity (Wildman–Crippen MR) is 116 cm³/mol. The Balaban J connectivity index is 1.58. The van der Waals surface area contributed by atoms with E-state index in [0.717, 1.165) is 24.7 Å². The summed E-state index contributed by atoms with van der Waals surface area (Å²) >= 11 is 9.18. The monoisotopic (exact) mass is 415 g/mol. The highest BCUT2D eigenvalue weighted by molar-refractivity contribution is 8.01. The Hall–Kier alpha value is -2.28. The standard InChI is InChI=1S/C20H18ClN3OS2/c1-24(2)16-5-3-4-14(12-16)20(25)23-22-13-18-10-11-19(27-18)26-17-8-6-15(21)7-9-17/h3-13H,1-2H3,(H,23,25)/b22-13-. The van der Waals surface area contributed by atoms with Crippen molar-refractivity contribution in [2.45, 2.75) is 9.10 Å². The van der Waals surface area contributed by atoms with Crippen molar-refractivity contribution in [2.24, 2.45) is 5.10 Å². The lowest BCUT2D eigenvalue weighted by Gasteiger charge is -2.12. The van der Waals surface area contributed by atoms with Gasteiger partial charge in [-0.1, -0.05) is 29.4 Å². The molecule has 4 nitrogen and oxygen atoms in total. The van der Waals surface area contributed by atoms with Gasteiger partial charge >= 0.3 is 0 Å². The molecule has 3 aromatic rings. The summed E-state index contributed by atoms with van der Waals surface area (Å²) in [6.45, 7) is 0. The van der Waals surface area contributed by atoms with Crippen LogP contribution in [0.5, 0.6) is 0 Å². The number of thiophene rings is 1. The highest BCUT2D eigenvalue weighted by Crippen LogP contribution is 2.33. The molecule has 0 aliphatic rings. The van der Waals surface area contributed by atoms with Crippen LogP contribution in [-0.2, 0) is 0 Å². The van der Waals surface area contributed by atoms with Gasteiger partial charge in [0, 0.05) is 40.1 Å². The molecule has 0 saturated heterocycles. The second-order valence-corrected chi connectivity index (χ2v) is 8.78. The molecular formula is C20H18ClN3OS2. The molecule has 3 rings (SSSR count). The number of rotatable bonds is 6. The molecule has 0 spiro atoms. The van der Waals surface area contributed by atoms with Gasteiger partial charge in [0.1, 0.15) is 0 Å². The molecule has 0 aliphatic heterocycles. The number of nitrogens with zero attached hydrogens (tertiary/aromatic N) is 2. The summed E-state index contributed by atoms with van der Waals surface area (Å²) in [5, 5.41) is 4.80. The minimum atomic E-state index is -0.234. The predicted octanol–water partition coefficient (Wildman–Crippen LogP) is 5.38. The van der Waals surface area contributed by atoms with Crippen LogP contribution in [0.1, 0.15) is 15.2 Å². The molecule has 1 N–H and O–H groups in total. The highest BCUT2D eigenvalue weighted by Gasteiger charge is 2.06. The Morgan fingerprint density at radius 3 is 2.67 bits per heavy atom. The van der Waals surface area contributed by atoms with E-state index in [1.54, 1.807) is 35.4 Å². The first-order valence-electron chi connectivity index (χ1n) is 8.15. The summed E-state index contributed by atoms with van der Waals surface area (Å²) in [6, 6.07) is 19.1. The Bertz CT molecular complexity index is 952. The first-order chi connectivity index (χ1) is 13.0. The molecule has 0 atom stereocenters. The Morgan fingerprint density at radius 2 is 1.93 bits per heavy atom.